The van der Waals surface area contributed by atoms with Gasteiger partial charge >= 0.3 is 0 Å². The van der Waals surface area contributed by atoms with Crippen molar-refractivity contribution in [3.63, 3.8) is 0 Å². The summed E-state index contributed by atoms with van der Waals surface area (Å²) >= 11 is 0. The summed E-state index contributed by atoms with van der Waals surface area (Å²) in [5.41, 5.74) is 2.27. The van der Waals surface area contributed by atoms with Crippen LogP contribution in [0.5, 0.6) is 0 Å². The first-order valence-corrected chi connectivity index (χ1v) is 9.73. The molecule has 0 radical (unpaired) electrons. The number of nitrogens with zero attached hydrogens (tertiary/aromatic N) is 5. The highest BCUT2D eigenvalue weighted by Crippen LogP contribution is 2.19. The van der Waals surface area contributed by atoms with Crippen LogP contribution in [0, 0.1) is 13.8 Å². The van der Waals surface area contributed by atoms with Gasteiger partial charge in [0.1, 0.15) is 23.2 Å². The standard InChI is InChI=1S/C22H24N6O/c1-16-6-8-18(9-7-16)26-22(29)19-15-21(25-17(2)24-19)28-13-11-27(12-14-28)20-5-3-4-10-23-20/h3-10,15H,11-14H2,1-2H3,(H,26,29). The van der Waals surface area contributed by atoms with Crippen LogP contribution in [0.15, 0.2) is 54.7 Å². The number of benzene rings is 1. The molecule has 1 saturated heterocycles. The van der Waals surface area contributed by atoms with Crippen molar-refractivity contribution in [1.82, 2.24) is 15.0 Å². The fraction of sp³-hybridized carbons (Fsp3) is 0.273. The number of aryl methyl sites for hydroxylation is 2. The van der Waals surface area contributed by atoms with Crippen LogP contribution >= 0.6 is 0 Å². The van der Waals surface area contributed by atoms with Gasteiger partial charge in [0.25, 0.3) is 5.91 Å². The molecule has 3 heterocycles. The molecule has 0 atom stereocenters. The zero-order valence-electron chi connectivity index (χ0n) is 16.7. The summed E-state index contributed by atoms with van der Waals surface area (Å²) in [4.78, 5) is 30.5. The molecule has 0 aliphatic carbocycles. The summed E-state index contributed by atoms with van der Waals surface area (Å²) in [5, 5.41) is 2.91. The Morgan fingerprint density at radius 3 is 2.24 bits per heavy atom. The maximum Gasteiger partial charge on any atom is 0.274 e. The van der Waals surface area contributed by atoms with Gasteiger partial charge in [-0.2, -0.15) is 0 Å². The molecule has 3 aromatic rings. The molecule has 0 unspecified atom stereocenters. The third kappa shape index (κ3) is 4.51. The molecule has 1 aliphatic rings. The Balaban J connectivity index is 1.46. The predicted molar refractivity (Wildman–Crippen MR) is 115 cm³/mol. The highest BCUT2D eigenvalue weighted by molar-refractivity contribution is 6.03. The van der Waals surface area contributed by atoms with E-state index in [1.807, 2.05) is 62.5 Å². The molecule has 0 saturated carbocycles. The second-order valence-corrected chi connectivity index (χ2v) is 7.14. The normalized spacial score (nSPS) is 14.0. The smallest absolute Gasteiger partial charge is 0.274 e. The van der Waals surface area contributed by atoms with Crippen LogP contribution in [0.1, 0.15) is 21.9 Å². The molecule has 1 amide bonds. The first-order chi connectivity index (χ1) is 14.1. The van der Waals surface area contributed by atoms with Crippen molar-refractivity contribution < 1.29 is 4.79 Å². The van der Waals surface area contributed by atoms with E-state index < -0.39 is 0 Å². The summed E-state index contributed by atoms with van der Waals surface area (Å²) in [5.74, 6) is 2.13. The van der Waals surface area contributed by atoms with E-state index in [1.165, 1.54) is 0 Å². The van der Waals surface area contributed by atoms with Crippen molar-refractivity contribution in [2.45, 2.75) is 13.8 Å². The fourth-order valence-electron chi connectivity index (χ4n) is 3.37. The van der Waals surface area contributed by atoms with E-state index in [1.54, 1.807) is 6.07 Å². The van der Waals surface area contributed by atoms with Crippen LogP contribution in [0.3, 0.4) is 0 Å². The van der Waals surface area contributed by atoms with Crippen molar-refractivity contribution in [3.8, 4) is 0 Å². The van der Waals surface area contributed by atoms with Crippen LogP contribution in [0.2, 0.25) is 0 Å². The van der Waals surface area contributed by atoms with Gasteiger partial charge in [-0.3, -0.25) is 4.79 Å². The van der Waals surface area contributed by atoms with Gasteiger partial charge in [0.15, 0.2) is 0 Å². The maximum atomic E-state index is 12.7. The molecule has 1 fully saturated rings. The maximum absolute atomic E-state index is 12.7. The largest absolute Gasteiger partial charge is 0.353 e. The van der Waals surface area contributed by atoms with E-state index in [4.69, 9.17) is 0 Å². The molecule has 0 bridgehead atoms. The first kappa shape index (κ1) is 18.9. The molecule has 7 heteroatoms. The summed E-state index contributed by atoms with van der Waals surface area (Å²) in [6, 6.07) is 15.4. The zero-order chi connectivity index (χ0) is 20.2. The second kappa shape index (κ2) is 8.26. The third-order valence-electron chi connectivity index (χ3n) is 4.94. The van der Waals surface area contributed by atoms with Crippen molar-refractivity contribution in [2.75, 3.05) is 41.3 Å². The number of pyridine rings is 1. The number of hydrogen-bond donors (Lipinski definition) is 1. The van der Waals surface area contributed by atoms with Gasteiger partial charge in [-0.15, -0.1) is 0 Å². The minimum absolute atomic E-state index is 0.229. The number of nitrogens with one attached hydrogen (secondary N) is 1. The van der Waals surface area contributed by atoms with Gasteiger partial charge in [0.05, 0.1) is 0 Å². The average molecular weight is 388 g/mol. The van der Waals surface area contributed by atoms with Crippen LogP contribution in [0.25, 0.3) is 0 Å². The summed E-state index contributed by atoms with van der Waals surface area (Å²) in [7, 11) is 0. The second-order valence-electron chi connectivity index (χ2n) is 7.14. The number of aromatic nitrogens is 3. The highest BCUT2D eigenvalue weighted by atomic mass is 16.1. The third-order valence-corrected chi connectivity index (χ3v) is 4.94. The first-order valence-electron chi connectivity index (χ1n) is 9.73. The lowest BCUT2D eigenvalue weighted by molar-refractivity contribution is 0.102. The van der Waals surface area contributed by atoms with E-state index in [0.717, 1.165) is 49.1 Å². The molecule has 29 heavy (non-hydrogen) atoms. The zero-order valence-corrected chi connectivity index (χ0v) is 16.7. The van der Waals surface area contributed by atoms with Crippen LogP contribution in [0.4, 0.5) is 17.3 Å². The topological polar surface area (TPSA) is 74.2 Å². The highest BCUT2D eigenvalue weighted by Gasteiger charge is 2.21. The summed E-state index contributed by atoms with van der Waals surface area (Å²) in [6.07, 6.45) is 1.81. The number of carbonyl (C=O) groups is 1. The van der Waals surface area contributed by atoms with E-state index >= 15 is 0 Å². The Labute approximate surface area is 170 Å². The van der Waals surface area contributed by atoms with E-state index in [0.29, 0.717) is 11.5 Å². The molecule has 4 rings (SSSR count). The van der Waals surface area contributed by atoms with Crippen LogP contribution < -0.4 is 15.1 Å². The van der Waals surface area contributed by atoms with Gasteiger partial charge in [-0.25, -0.2) is 15.0 Å². The van der Waals surface area contributed by atoms with Gasteiger partial charge in [0.2, 0.25) is 0 Å². The minimum Gasteiger partial charge on any atom is -0.353 e. The summed E-state index contributed by atoms with van der Waals surface area (Å²) in [6.45, 7) is 7.16. The van der Waals surface area contributed by atoms with E-state index in [9.17, 15) is 4.79 Å². The van der Waals surface area contributed by atoms with E-state index in [-0.39, 0.29) is 5.91 Å². The molecule has 1 N–H and O–H groups in total. The van der Waals surface area contributed by atoms with Gasteiger partial charge < -0.3 is 15.1 Å². The average Bonchev–Trinajstić information content (AvgIpc) is 2.75. The Hall–Kier alpha value is -3.48. The predicted octanol–water partition coefficient (Wildman–Crippen LogP) is 3.07. The van der Waals surface area contributed by atoms with Crippen molar-refractivity contribution in [1.29, 1.82) is 0 Å². The number of anilines is 3. The van der Waals surface area contributed by atoms with Crippen molar-refractivity contribution in [2.24, 2.45) is 0 Å². The number of carbonyl (C=O) groups excluding carboxylic acids is 1. The minimum atomic E-state index is -0.229. The lowest BCUT2D eigenvalue weighted by atomic mass is 10.2. The quantitative estimate of drug-likeness (QED) is 0.740. The van der Waals surface area contributed by atoms with Gasteiger partial charge in [-0.1, -0.05) is 23.8 Å². The number of piperazine rings is 1. The Morgan fingerprint density at radius 1 is 0.897 bits per heavy atom. The lowest BCUT2D eigenvalue weighted by Crippen LogP contribution is -2.47. The lowest BCUT2D eigenvalue weighted by Gasteiger charge is -2.36. The van der Waals surface area contributed by atoms with Gasteiger partial charge in [0, 0.05) is 44.1 Å². The molecular formula is C22H24N6O. The van der Waals surface area contributed by atoms with Crippen molar-refractivity contribution >= 4 is 23.2 Å². The molecule has 7 nitrogen and oxygen atoms in total. The monoisotopic (exact) mass is 388 g/mol. The van der Waals surface area contributed by atoms with Crippen LogP contribution in [-0.2, 0) is 0 Å². The summed E-state index contributed by atoms with van der Waals surface area (Å²) < 4.78 is 0. The molecule has 1 aromatic carbocycles. The SMILES string of the molecule is Cc1ccc(NC(=O)c2cc(N3CCN(c4ccccn4)CC3)nc(C)n2)cc1. The Morgan fingerprint density at radius 2 is 1.59 bits per heavy atom. The molecular weight excluding hydrogens is 364 g/mol. The fourth-order valence-corrected chi connectivity index (χ4v) is 3.37. The molecule has 148 valence electrons. The number of amides is 1. The molecule has 1 aliphatic heterocycles. The Kier molecular flexibility index (Phi) is 5.37. The van der Waals surface area contributed by atoms with E-state index in [2.05, 4.69) is 30.1 Å². The molecule has 0 spiro atoms. The van der Waals surface area contributed by atoms with Gasteiger partial charge in [-0.05, 0) is 38.1 Å². The van der Waals surface area contributed by atoms with Crippen molar-refractivity contribution in [3.05, 3.63) is 71.8 Å². The molecule has 2 aromatic heterocycles. The number of rotatable bonds is 4. The van der Waals surface area contributed by atoms with Crippen LogP contribution in [-0.4, -0.2) is 47.0 Å². The number of hydrogen-bond acceptors (Lipinski definition) is 6. The Bertz CT molecular complexity index is 982.